The molecule has 2 rings (SSSR count). The van der Waals surface area contributed by atoms with Crippen LogP contribution in [-0.2, 0) is 6.54 Å². The molecule has 9 heteroatoms. The van der Waals surface area contributed by atoms with Crippen molar-refractivity contribution in [3.05, 3.63) is 38.5 Å². The summed E-state index contributed by atoms with van der Waals surface area (Å²) in [5, 5.41) is 10.8. The minimum atomic E-state index is -0.445. The summed E-state index contributed by atoms with van der Waals surface area (Å²) in [6.07, 6.45) is 1.50. The third kappa shape index (κ3) is 3.49. The van der Waals surface area contributed by atoms with Crippen LogP contribution in [0.2, 0.25) is 10.0 Å². The molecule has 1 aromatic heterocycles. The first-order chi connectivity index (χ1) is 9.51. The molecule has 3 N–H and O–H groups in total. The number of hydrogen-bond donors (Lipinski definition) is 2. The first-order valence-corrected chi connectivity index (χ1v) is 7.12. The standard InChI is InChI=1S/C11H10BrCl2N5O/c12-6-3-7(13)10(8(14)4-6)16-11(20)9-5-19(2-1-15)18-17-9/h3-5H,1-2,15H2,(H,16,20). The molecular formula is C11H10BrCl2N5O. The first-order valence-electron chi connectivity index (χ1n) is 5.57. The number of amides is 1. The van der Waals surface area contributed by atoms with E-state index in [0.717, 1.165) is 4.47 Å². The van der Waals surface area contributed by atoms with Crippen LogP contribution < -0.4 is 11.1 Å². The lowest BCUT2D eigenvalue weighted by Gasteiger charge is -2.08. The van der Waals surface area contributed by atoms with E-state index in [0.29, 0.717) is 28.8 Å². The zero-order valence-corrected chi connectivity index (χ0v) is 13.2. The van der Waals surface area contributed by atoms with Crippen molar-refractivity contribution >= 4 is 50.7 Å². The molecule has 2 aromatic rings. The van der Waals surface area contributed by atoms with Crippen LogP contribution in [0.4, 0.5) is 5.69 Å². The largest absolute Gasteiger partial charge is 0.329 e. The maximum atomic E-state index is 12.0. The monoisotopic (exact) mass is 377 g/mol. The summed E-state index contributed by atoms with van der Waals surface area (Å²) in [5.41, 5.74) is 5.88. The highest BCUT2D eigenvalue weighted by molar-refractivity contribution is 9.10. The first kappa shape index (κ1) is 15.2. The highest BCUT2D eigenvalue weighted by Crippen LogP contribution is 2.33. The number of nitrogens with two attached hydrogens (primary N) is 1. The van der Waals surface area contributed by atoms with Crippen molar-refractivity contribution in [3.8, 4) is 0 Å². The molecule has 1 aromatic carbocycles. The number of aromatic nitrogens is 3. The predicted octanol–water partition coefficient (Wildman–Crippen LogP) is 2.56. The second kappa shape index (κ2) is 6.53. The molecule has 0 atom stereocenters. The third-order valence-corrected chi connectivity index (χ3v) is 3.43. The van der Waals surface area contributed by atoms with Crippen molar-refractivity contribution in [2.45, 2.75) is 6.54 Å². The number of nitrogens with one attached hydrogen (secondary N) is 1. The molecule has 106 valence electrons. The Hall–Kier alpha value is -1.15. The van der Waals surface area contributed by atoms with Crippen molar-refractivity contribution in [1.82, 2.24) is 15.0 Å². The molecule has 0 unspecified atom stereocenters. The van der Waals surface area contributed by atoms with E-state index in [1.807, 2.05) is 0 Å². The maximum absolute atomic E-state index is 12.0. The topological polar surface area (TPSA) is 85.8 Å². The van der Waals surface area contributed by atoms with Gasteiger partial charge in [-0.15, -0.1) is 5.10 Å². The SMILES string of the molecule is NCCn1cc(C(=O)Nc2c(Cl)cc(Br)cc2Cl)nn1. The Balaban J connectivity index is 2.19. The predicted molar refractivity (Wildman–Crippen MR) is 81.2 cm³/mol. The van der Waals surface area contributed by atoms with E-state index >= 15 is 0 Å². The summed E-state index contributed by atoms with van der Waals surface area (Å²) < 4.78 is 2.21. The van der Waals surface area contributed by atoms with E-state index in [1.54, 1.807) is 12.1 Å². The Kier molecular flexibility index (Phi) is 4.98. The quantitative estimate of drug-likeness (QED) is 0.855. The molecule has 20 heavy (non-hydrogen) atoms. The van der Waals surface area contributed by atoms with Crippen molar-refractivity contribution in [3.63, 3.8) is 0 Å². The Morgan fingerprint density at radius 1 is 1.40 bits per heavy atom. The van der Waals surface area contributed by atoms with Gasteiger partial charge in [0.2, 0.25) is 0 Å². The van der Waals surface area contributed by atoms with Gasteiger partial charge in [-0.25, -0.2) is 0 Å². The number of nitrogens with zero attached hydrogens (tertiary/aromatic N) is 3. The van der Waals surface area contributed by atoms with E-state index in [4.69, 9.17) is 28.9 Å². The smallest absolute Gasteiger partial charge is 0.277 e. The lowest BCUT2D eigenvalue weighted by Crippen LogP contribution is -2.13. The van der Waals surface area contributed by atoms with Gasteiger partial charge >= 0.3 is 0 Å². The highest BCUT2D eigenvalue weighted by Gasteiger charge is 2.15. The fourth-order valence-corrected chi connectivity index (χ4v) is 2.79. The van der Waals surface area contributed by atoms with Crippen molar-refractivity contribution in [2.75, 3.05) is 11.9 Å². The van der Waals surface area contributed by atoms with Gasteiger partial charge in [-0.2, -0.15) is 0 Å². The molecular weight excluding hydrogens is 369 g/mol. The zero-order valence-electron chi connectivity index (χ0n) is 10.1. The average Bonchev–Trinajstić information content (AvgIpc) is 2.82. The van der Waals surface area contributed by atoms with Crippen LogP contribution in [0.5, 0.6) is 0 Å². The Bertz CT molecular complexity index is 622. The van der Waals surface area contributed by atoms with Gasteiger partial charge in [0, 0.05) is 11.0 Å². The zero-order chi connectivity index (χ0) is 14.7. The fraction of sp³-hybridized carbons (Fsp3) is 0.182. The minimum Gasteiger partial charge on any atom is -0.329 e. The number of rotatable bonds is 4. The summed E-state index contributed by atoms with van der Waals surface area (Å²) in [6.45, 7) is 0.898. The molecule has 0 aliphatic carbocycles. The second-order valence-corrected chi connectivity index (χ2v) is 5.58. The lowest BCUT2D eigenvalue weighted by atomic mass is 10.3. The third-order valence-electron chi connectivity index (χ3n) is 2.37. The van der Waals surface area contributed by atoms with Crippen molar-refractivity contribution in [1.29, 1.82) is 0 Å². The minimum absolute atomic E-state index is 0.161. The normalized spacial score (nSPS) is 10.6. The van der Waals surface area contributed by atoms with Crippen LogP contribution in [0.1, 0.15) is 10.5 Å². The summed E-state index contributed by atoms with van der Waals surface area (Å²) in [5.74, 6) is -0.445. The number of halogens is 3. The molecule has 0 bridgehead atoms. The summed E-state index contributed by atoms with van der Waals surface area (Å²) in [7, 11) is 0. The van der Waals surface area contributed by atoms with Crippen LogP contribution in [0.25, 0.3) is 0 Å². The van der Waals surface area contributed by atoms with Gasteiger partial charge in [0.15, 0.2) is 5.69 Å². The lowest BCUT2D eigenvalue weighted by molar-refractivity contribution is 0.102. The van der Waals surface area contributed by atoms with Crippen LogP contribution in [-0.4, -0.2) is 27.4 Å². The molecule has 0 aliphatic rings. The summed E-state index contributed by atoms with van der Waals surface area (Å²) in [4.78, 5) is 12.0. The van der Waals surface area contributed by atoms with Gasteiger partial charge in [-0.3, -0.25) is 9.48 Å². The van der Waals surface area contributed by atoms with Gasteiger partial charge < -0.3 is 11.1 Å². The van der Waals surface area contributed by atoms with E-state index < -0.39 is 5.91 Å². The van der Waals surface area contributed by atoms with Gasteiger partial charge in [-0.05, 0) is 12.1 Å². The highest BCUT2D eigenvalue weighted by atomic mass is 79.9. The Morgan fingerprint density at radius 2 is 2.05 bits per heavy atom. The van der Waals surface area contributed by atoms with E-state index in [2.05, 4.69) is 31.6 Å². The Labute approximate surface area is 133 Å². The molecule has 0 radical (unpaired) electrons. The molecule has 6 nitrogen and oxygen atoms in total. The number of anilines is 1. The van der Waals surface area contributed by atoms with Crippen LogP contribution in [0, 0.1) is 0 Å². The molecule has 0 saturated heterocycles. The summed E-state index contributed by atoms with van der Waals surface area (Å²) >= 11 is 15.3. The van der Waals surface area contributed by atoms with Gasteiger partial charge in [0.25, 0.3) is 5.91 Å². The van der Waals surface area contributed by atoms with Crippen molar-refractivity contribution < 1.29 is 4.79 Å². The van der Waals surface area contributed by atoms with Crippen LogP contribution >= 0.6 is 39.1 Å². The number of benzene rings is 1. The molecule has 0 aliphatic heterocycles. The van der Waals surface area contributed by atoms with E-state index in [1.165, 1.54) is 10.9 Å². The number of carbonyl (C=O) groups excluding carboxylic acids is 1. The summed E-state index contributed by atoms with van der Waals surface area (Å²) in [6, 6.07) is 3.27. The van der Waals surface area contributed by atoms with Crippen molar-refractivity contribution in [2.24, 2.45) is 5.73 Å². The second-order valence-electron chi connectivity index (χ2n) is 3.85. The maximum Gasteiger partial charge on any atom is 0.277 e. The Morgan fingerprint density at radius 3 is 2.65 bits per heavy atom. The van der Waals surface area contributed by atoms with Crippen LogP contribution in [0.3, 0.4) is 0 Å². The number of carbonyl (C=O) groups is 1. The molecule has 1 heterocycles. The van der Waals surface area contributed by atoms with E-state index in [-0.39, 0.29) is 5.69 Å². The van der Waals surface area contributed by atoms with Crippen LogP contribution in [0.15, 0.2) is 22.8 Å². The molecule has 0 saturated carbocycles. The van der Waals surface area contributed by atoms with E-state index in [9.17, 15) is 4.79 Å². The average molecular weight is 379 g/mol. The number of hydrogen-bond acceptors (Lipinski definition) is 4. The fourth-order valence-electron chi connectivity index (χ4n) is 1.48. The van der Waals surface area contributed by atoms with Gasteiger partial charge in [0.05, 0.1) is 28.5 Å². The molecule has 1 amide bonds. The molecule has 0 fully saturated rings. The molecule has 0 spiro atoms. The van der Waals surface area contributed by atoms with Gasteiger partial charge in [-0.1, -0.05) is 44.3 Å². The van der Waals surface area contributed by atoms with Gasteiger partial charge in [0.1, 0.15) is 0 Å².